The third-order valence-corrected chi connectivity index (χ3v) is 2.74. The highest BCUT2D eigenvalue weighted by Crippen LogP contribution is 2.22. The Kier molecular flexibility index (Phi) is 3.02. The van der Waals surface area contributed by atoms with E-state index in [0.29, 0.717) is 18.6 Å². The van der Waals surface area contributed by atoms with Crippen LogP contribution in [0, 0.1) is 0 Å². The highest BCUT2D eigenvalue weighted by Gasteiger charge is 2.19. The summed E-state index contributed by atoms with van der Waals surface area (Å²) in [6.07, 6.45) is 1.26. The third kappa shape index (κ3) is 2.36. The van der Waals surface area contributed by atoms with Gasteiger partial charge in [0.1, 0.15) is 11.5 Å². The summed E-state index contributed by atoms with van der Waals surface area (Å²) in [7, 11) is 1.65. The van der Waals surface area contributed by atoms with Crippen LogP contribution in [0.15, 0.2) is 24.3 Å². The number of piperidine rings is 1. The summed E-state index contributed by atoms with van der Waals surface area (Å²) < 4.78 is 5.09. The number of nitrogens with one attached hydrogen (secondary N) is 1. The van der Waals surface area contributed by atoms with Gasteiger partial charge in [0, 0.05) is 25.4 Å². The van der Waals surface area contributed by atoms with Gasteiger partial charge < -0.3 is 10.1 Å². The Hall–Kier alpha value is -1.35. The molecular formula is C12H15NO2. The smallest absolute Gasteiger partial charge is 0.136 e. The van der Waals surface area contributed by atoms with Crippen LogP contribution in [-0.2, 0) is 4.79 Å². The fourth-order valence-electron chi connectivity index (χ4n) is 1.86. The van der Waals surface area contributed by atoms with Gasteiger partial charge in [-0.2, -0.15) is 0 Å². The van der Waals surface area contributed by atoms with Crippen molar-refractivity contribution in [2.24, 2.45) is 0 Å². The number of Topliss-reactive ketones (excluding diaryl/α,β-unsaturated/α-hetero) is 1. The summed E-state index contributed by atoms with van der Waals surface area (Å²) >= 11 is 0. The summed E-state index contributed by atoms with van der Waals surface area (Å²) in [5.74, 6) is 1.19. The van der Waals surface area contributed by atoms with Gasteiger partial charge in [0.25, 0.3) is 0 Å². The quantitative estimate of drug-likeness (QED) is 0.798. The second kappa shape index (κ2) is 4.45. The Morgan fingerprint density at radius 1 is 1.33 bits per heavy atom. The van der Waals surface area contributed by atoms with E-state index in [2.05, 4.69) is 5.32 Å². The van der Waals surface area contributed by atoms with Crippen molar-refractivity contribution in [2.75, 3.05) is 13.7 Å². The monoisotopic (exact) mass is 205 g/mol. The van der Waals surface area contributed by atoms with Crippen LogP contribution in [0.25, 0.3) is 0 Å². The summed E-state index contributed by atoms with van der Waals surface area (Å²) in [4.78, 5) is 11.3. The van der Waals surface area contributed by atoms with Crippen molar-refractivity contribution in [2.45, 2.75) is 18.9 Å². The van der Waals surface area contributed by atoms with Gasteiger partial charge in [-0.15, -0.1) is 0 Å². The van der Waals surface area contributed by atoms with E-state index in [1.165, 1.54) is 0 Å². The number of ketones is 1. The van der Waals surface area contributed by atoms with Crippen LogP contribution < -0.4 is 10.1 Å². The molecule has 1 aromatic rings. The number of rotatable bonds is 2. The van der Waals surface area contributed by atoms with E-state index in [-0.39, 0.29) is 6.04 Å². The van der Waals surface area contributed by atoms with E-state index in [0.717, 1.165) is 17.9 Å². The number of methoxy groups -OCH3 is 1. The molecule has 0 aromatic heterocycles. The first-order valence-corrected chi connectivity index (χ1v) is 5.18. The van der Waals surface area contributed by atoms with Crippen molar-refractivity contribution in [3.05, 3.63) is 29.8 Å². The number of carbonyl (C=O) groups is 1. The van der Waals surface area contributed by atoms with Gasteiger partial charge in [-0.05, 0) is 17.7 Å². The molecule has 0 spiro atoms. The highest BCUT2D eigenvalue weighted by molar-refractivity contribution is 5.80. The molecule has 1 aromatic carbocycles. The molecule has 0 radical (unpaired) electrons. The van der Waals surface area contributed by atoms with E-state index in [4.69, 9.17) is 4.74 Å². The predicted molar refractivity (Wildman–Crippen MR) is 58.0 cm³/mol. The second-order valence-electron chi connectivity index (χ2n) is 3.77. The third-order valence-electron chi connectivity index (χ3n) is 2.74. The van der Waals surface area contributed by atoms with E-state index in [1.54, 1.807) is 7.11 Å². The van der Waals surface area contributed by atoms with Gasteiger partial charge in [-0.3, -0.25) is 4.79 Å². The predicted octanol–water partition coefficient (Wildman–Crippen LogP) is 1.69. The molecule has 0 saturated carbocycles. The standard InChI is InChI=1S/C12H15NO2/c1-15-11-4-2-9(3-5-11)12-8-10(14)6-7-13-12/h2-5,12-13H,6-8H2,1H3/t12-/m0/s1. The van der Waals surface area contributed by atoms with Crippen molar-refractivity contribution < 1.29 is 9.53 Å². The largest absolute Gasteiger partial charge is 0.497 e. The first-order valence-electron chi connectivity index (χ1n) is 5.18. The maximum Gasteiger partial charge on any atom is 0.136 e. The van der Waals surface area contributed by atoms with Crippen LogP contribution in [0.1, 0.15) is 24.4 Å². The molecule has 1 aliphatic heterocycles. The van der Waals surface area contributed by atoms with Gasteiger partial charge >= 0.3 is 0 Å². The van der Waals surface area contributed by atoms with Crippen molar-refractivity contribution in [1.29, 1.82) is 0 Å². The van der Waals surface area contributed by atoms with Gasteiger partial charge in [0.2, 0.25) is 0 Å². The van der Waals surface area contributed by atoms with Crippen molar-refractivity contribution in [1.82, 2.24) is 5.32 Å². The molecule has 1 N–H and O–H groups in total. The average molecular weight is 205 g/mol. The SMILES string of the molecule is COc1ccc([C@@H]2CC(=O)CCN2)cc1. The first kappa shape index (κ1) is 10.2. The summed E-state index contributed by atoms with van der Waals surface area (Å²) in [5, 5.41) is 3.34. The zero-order chi connectivity index (χ0) is 10.7. The minimum absolute atomic E-state index is 0.178. The molecule has 1 atom stereocenters. The van der Waals surface area contributed by atoms with Crippen LogP contribution in [0.2, 0.25) is 0 Å². The molecule has 80 valence electrons. The number of hydrogen-bond acceptors (Lipinski definition) is 3. The van der Waals surface area contributed by atoms with Crippen LogP contribution in [0.4, 0.5) is 0 Å². The molecule has 3 heteroatoms. The zero-order valence-electron chi connectivity index (χ0n) is 8.82. The Balaban J connectivity index is 2.11. The molecule has 2 rings (SSSR count). The Morgan fingerprint density at radius 2 is 2.07 bits per heavy atom. The molecule has 15 heavy (non-hydrogen) atoms. The number of carbonyl (C=O) groups excluding carboxylic acids is 1. The van der Waals surface area contributed by atoms with Gasteiger partial charge in [-0.25, -0.2) is 0 Å². The molecular weight excluding hydrogens is 190 g/mol. The average Bonchev–Trinajstić information content (AvgIpc) is 2.29. The fourth-order valence-corrected chi connectivity index (χ4v) is 1.86. The Labute approximate surface area is 89.4 Å². The Bertz CT molecular complexity index is 345. The lowest BCUT2D eigenvalue weighted by Gasteiger charge is -2.23. The van der Waals surface area contributed by atoms with Crippen LogP contribution in [-0.4, -0.2) is 19.4 Å². The Morgan fingerprint density at radius 3 is 2.67 bits per heavy atom. The molecule has 1 heterocycles. The topological polar surface area (TPSA) is 38.3 Å². The molecule has 3 nitrogen and oxygen atoms in total. The molecule has 1 fully saturated rings. The molecule has 0 amide bonds. The lowest BCUT2D eigenvalue weighted by atomic mass is 9.97. The number of benzene rings is 1. The molecule has 1 aliphatic rings. The summed E-state index contributed by atoms with van der Waals surface area (Å²) in [5.41, 5.74) is 1.16. The molecule has 0 unspecified atom stereocenters. The first-order chi connectivity index (χ1) is 7.29. The van der Waals surface area contributed by atoms with Gasteiger partial charge in [0.05, 0.1) is 7.11 Å². The van der Waals surface area contributed by atoms with E-state index < -0.39 is 0 Å². The van der Waals surface area contributed by atoms with Crippen LogP contribution in [0.3, 0.4) is 0 Å². The zero-order valence-corrected chi connectivity index (χ0v) is 8.82. The number of hydrogen-bond donors (Lipinski definition) is 1. The van der Waals surface area contributed by atoms with Crippen molar-refractivity contribution in [3.63, 3.8) is 0 Å². The minimum atomic E-state index is 0.178. The van der Waals surface area contributed by atoms with Crippen molar-refractivity contribution in [3.8, 4) is 5.75 Å². The van der Waals surface area contributed by atoms with Crippen molar-refractivity contribution >= 4 is 5.78 Å². The van der Waals surface area contributed by atoms with E-state index in [1.807, 2.05) is 24.3 Å². The summed E-state index contributed by atoms with van der Waals surface area (Å²) in [6.45, 7) is 0.787. The lowest BCUT2D eigenvalue weighted by molar-refractivity contribution is -0.120. The maximum atomic E-state index is 11.3. The van der Waals surface area contributed by atoms with Gasteiger partial charge in [-0.1, -0.05) is 12.1 Å². The maximum absolute atomic E-state index is 11.3. The van der Waals surface area contributed by atoms with Crippen LogP contribution >= 0.6 is 0 Å². The minimum Gasteiger partial charge on any atom is -0.497 e. The molecule has 1 saturated heterocycles. The number of ether oxygens (including phenoxy) is 1. The van der Waals surface area contributed by atoms with Gasteiger partial charge in [0.15, 0.2) is 0 Å². The fraction of sp³-hybridized carbons (Fsp3) is 0.417. The molecule has 0 aliphatic carbocycles. The van der Waals surface area contributed by atoms with E-state index in [9.17, 15) is 4.79 Å². The van der Waals surface area contributed by atoms with E-state index >= 15 is 0 Å². The lowest BCUT2D eigenvalue weighted by Crippen LogP contribution is -2.31. The highest BCUT2D eigenvalue weighted by atomic mass is 16.5. The second-order valence-corrected chi connectivity index (χ2v) is 3.77. The summed E-state index contributed by atoms with van der Waals surface area (Å²) in [6, 6.07) is 8.05. The molecule has 0 bridgehead atoms. The van der Waals surface area contributed by atoms with Crippen LogP contribution in [0.5, 0.6) is 5.75 Å². The normalized spacial score (nSPS) is 21.4.